The molecule has 21 heavy (non-hydrogen) atoms. The predicted octanol–water partition coefficient (Wildman–Crippen LogP) is 3.30. The van der Waals surface area contributed by atoms with Crippen LogP contribution in [0, 0.1) is 5.41 Å². The molecule has 2 amide bonds. The molecule has 0 aliphatic heterocycles. The second kappa shape index (κ2) is 7.25. The van der Waals surface area contributed by atoms with E-state index in [4.69, 9.17) is 0 Å². The molecule has 2 N–H and O–H groups in total. The van der Waals surface area contributed by atoms with Crippen LogP contribution >= 0.6 is 0 Å². The molecule has 0 aliphatic rings. The Balaban J connectivity index is 2.50. The lowest BCUT2D eigenvalue weighted by Crippen LogP contribution is -2.36. The standard InChI is InChI=1S/C17H26N2O2/c1-12(2)13-8-6-7-9-14(13)19-15(20)10-11-18-16(21)17(3,4)5/h6-9,12H,10-11H2,1-5H3,(H,18,21)(H,19,20). The molecule has 0 atom stereocenters. The minimum absolute atomic E-state index is 0.0436. The zero-order valence-corrected chi connectivity index (χ0v) is 13.6. The van der Waals surface area contributed by atoms with Gasteiger partial charge < -0.3 is 10.6 Å². The Morgan fingerprint density at radius 1 is 1.14 bits per heavy atom. The zero-order valence-electron chi connectivity index (χ0n) is 13.6. The van der Waals surface area contributed by atoms with E-state index in [9.17, 15) is 9.59 Å². The summed E-state index contributed by atoms with van der Waals surface area (Å²) in [5.74, 6) is 0.220. The number of carbonyl (C=O) groups is 2. The van der Waals surface area contributed by atoms with E-state index >= 15 is 0 Å². The van der Waals surface area contributed by atoms with Crippen LogP contribution in [-0.2, 0) is 9.59 Å². The minimum Gasteiger partial charge on any atom is -0.355 e. The maximum absolute atomic E-state index is 12.0. The molecule has 0 spiro atoms. The molecular weight excluding hydrogens is 264 g/mol. The van der Waals surface area contributed by atoms with E-state index in [2.05, 4.69) is 24.5 Å². The molecule has 1 aromatic rings. The van der Waals surface area contributed by atoms with Gasteiger partial charge in [-0.15, -0.1) is 0 Å². The Morgan fingerprint density at radius 3 is 2.33 bits per heavy atom. The normalized spacial score (nSPS) is 11.3. The molecule has 4 heteroatoms. The third-order valence-corrected chi connectivity index (χ3v) is 3.18. The van der Waals surface area contributed by atoms with Crippen LogP contribution in [0.25, 0.3) is 0 Å². The topological polar surface area (TPSA) is 58.2 Å². The Morgan fingerprint density at radius 2 is 1.76 bits per heavy atom. The summed E-state index contributed by atoms with van der Waals surface area (Å²) in [6, 6.07) is 7.79. The molecule has 4 nitrogen and oxygen atoms in total. The second-order valence-electron chi connectivity index (χ2n) is 6.55. The Bertz CT molecular complexity index is 502. The highest BCUT2D eigenvalue weighted by molar-refractivity contribution is 5.92. The summed E-state index contributed by atoms with van der Waals surface area (Å²) < 4.78 is 0. The lowest BCUT2D eigenvalue weighted by Gasteiger charge is -2.17. The summed E-state index contributed by atoms with van der Waals surface area (Å²) in [6.07, 6.45) is 0.272. The minimum atomic E-state index is -0.430. The van der Waals surface area contributed by atoms with Crippen molar-refractivity contribution in [3.8, 4) is 0 Å². The summed E-state index contributed by atoms with van der Waals surface area (Å²) in [5, 5.41) is 5.69. The van der Waals surface area contributed by atoms with Crippen molar-refractivity contribution in [2.24, 2.45) is 5.41 Å². The van der Waals surface area contributed by atoms with Crippen LogP contribution in [0.4, 0.5) is 5.69 Å². The summed E-state index contributed by atoms with van der Waals surface area (Å²) >= 11 is 0. The van der Waals surface area contributed by atoms with Crippen LogP contribution in [0.3, 0.4) is 0 Å². The Labute approximate surface area is 127 Å². The van der Waals surface area contributed by atoms with Crippen LogP contribution in [0.15, 0.2) is 24.3 Å². The number of benzene rings is 1. The van der Waals surface area contributed by atoms with E-state index in [0.717, 1.165) is 11.3 Å². The van der Waals surface area contributed by atoms with Gasteiger partial charge >= 0.3 is 0 Å². The smallest absolute Gasteiger partial charge is 0.226 e. The highest BCUT2D eigenvalue weighted by Gasteiger charge is 2.20. The van der Waals surface area contributed by atoms with Gasteiger partial charge in [-0.3, -0.25) is 9.59 Å². The van der Waals surface area contributed by atoms with Gasteiger partial charge in [0.15, 0.2) is 0 Å². The number of para-hydroxylation sites is 1. The van der Waals surface area contributed by atoms with Gasteiger partial charge in [0, 0.05) is 24.1 Å². The monoisotopic (exact) mass is 290 g/mol. The number of nitrogens with one attached hydrogen (secondary N) is 2. The molecule has 0 unspecified atom stereocenters. The zero-order chi connectivity index (χ0) is 16.0. The lowest BCUT2D eigenvalue weighted by molar-refractivity contribution is -0.128. The van der Waals surface area contributed by atoms with E-state index in [-0.39, 0.29) is 18.2 Å². The number of hydrogen-bond donors (Lipinski definition) is 2. The molecule has 0 radical (unpaired) electrons. The van der Waals surface area contributed by atoms with Crippen molar-refractivity contribution in [2.75, 3.05) is 11.9 Å². The summed E-state index contributed by atoms with van der Waals surface area (Å²) in [5.41, 5.74) is 1.53. The average Bonchev–Trinajstić information content (AvgIpc) is 2.37. The van der Waals surface area contributed by atoms with E-state index in [1.807, 2.05) is 45.0 Å². The van der Waals surface area contributed by atoms with Gasteiger partial charge in [-0.25, -0.2) is 0 Å². The summed E-state index contributed by atoms with van der Waals surface area (Å²) in [4.78, 5) is 23.7. The van der Waals surface area contributed by atoms with Crippen LogP contribution in [0.5, 0.6) is 0 Å². The van der Waals surface area contributed by atoms with Crippen molar-refractivity contribution in [1.29, 1.82) is 0 Å². The second-order valence-corrected chi connectivity index (χ2v) is 6.55. The average molecular weight is 290 g/mol. The van der Waals surface area contributed by atoms with Gasteiger partial charge in [0.05, 0.1) is 0 Å². The summed E-state index contributed by atoms with van der Waals surface area (Å²) in [7, 11) is 0. The van der Waals surface area contributed by atoms with Gasteiger partial charge in [-0.1, -0.05) is 52.8 Å². The first-order chi connectivity index (χ1) is 9.71. The highest BCUT2D eigenvalue weighted by Crippen LogP contribution is 2.23. The van der Waals surface area contributed by atoms with Crippen molar-refractivity contribution in [2.45, 2.75) is 47.0 Å². The van der Waals surface area contributed by atoms with Gasteiger partial charge in [0.2, 0.25) is 11.8 Å². The molecule has 0 fully saturated rings. The molecule has 0 saturated carbocycles. The Kier molecular flexibility index (Phi) is 5.94. The molecule has 0 aromatic heterocycles. The third-order valence-electron chi connectivity index (χ3n) is 3.18. The van der Waals surface area contributed by atoms with Crippen LogP contribution in [0.2, 0.25) is 0 Å². The molecule has 0 heterocycles. The maximum atomic E-state index is 12.0. The number of amides is 2. The lowest BCUT2D eigenvalue weighted by atomic mass is 9.96. The van der Waals surface area contributed by atoms with E-state index in [0.29, 0.717) is 12.5 Å². The predicted molar refractivity (Wildman–Crippen MR) is 86.2 cm³/mol. The Hall–Kier alpha value is -1.84. The van der Waals surface area contributed by atoms with Gasteiger partial charge in [0.1, 0.15) is 0 Å². The van der Waals surface area contributed by atoms with Crippen molar-refractivity contribution < 1.29 is 9.59 Å². The number of hydrogen-bond acceptors (Lipinski definition) is 2. The van der Waals surface area contributed by atoms with E-state index in [1.54, 1.807) is 0 Å². The first kappa shape index (κ1) is 17.2. The summed E-state index contributed by atoms with van der Waals surface area (Å²) in [6.45, 7) is 10.1. The SMILES string of the molecule is CC(C)c1ccccc1NC(=O)CCNC(=O)C(C)(C)C. The molecule has 1 aromatic carbocycles. The van der Waals surface area contributed by atoms with Crippen molar-refractivity contribution >= 4 is 17.5 Å². The van der Waals surface area contributed by atoms with Crippen LogP contribution in [-0.4, -0.2) is 18.4 Å². The fourth-order valence-electron chi connectivity index (χ4n) is 1.88. The first-order valence-corrected chi connectivity index (χ1v) is 7.39. The van der Waals surface area contributed by atoms with Gasteiger partial charge in [-0.2, -0.15) is 0 Å². The van der Waals surface area contributed by atoms with E-state index < -0.39 is 5.41 Å². The molecule has 0 saturated heterocycles. The quantitative estimate of drug-likeness (QED) is 0.874. The van der Waals surface area contributed by atoms with Crippen molar-refractivity contribution in [3.05, 3.63) is 29.8 Å². The van der Waals surface area contributed by atoms with Gasteiger partial charge in [-0.05, 0) is 17.5 Å². The van der Waals surface area contributed by atoms with Crippen LogP contribution < -0.4 is 10.6 Å². The largest absolute Gasteiger partial charge is 0.355 e. The third kappa shape index (κ3) is 5.58. The number of rotatable bonds is 5. The first-order valence-electron chi connectivity index (χ1n) is 7.39. The molecule has 1 rings (SSSR count). The highest BCUT2D eigenvalue weighted by atomic mass is 16.2. The van der Waals surface area contributed by atoms with Crippen LogP contribution in [0.1, 0.15) is 52.5 Å². The van der Waals surface area contributed by atoms with E-state index in [1.165, 1.54) is 0 Å². The van der Waals surface area contributed by atoms with Crippen molar-refractivity contribution in [1.82, 2.24) is 5.32 Å². The number of carbonyl (C=O) groups excluding carboxylic acids is 2. The fourth-order valence-corrected chi connectivity index (χ4v) is 1.88. The molecule has 116 valence electrons. The van der Waals surface area contributed by atoms with Crippen molar-refractivity contribution in [3.63, 3.8) is 0 Å². The maximum Gasteiger partial charge on any atom is 0.226 e. The van der Waals surface area contributed by atoms with Gasteiger partial charge in [0.25, 0.3) is 0 Å². The fraction of sp³-hybridized carbons (Fsp3) is 0.529. The molecule has 0 aliphatic carbocycles. The molecule has 0 bridgehead atoms. The number of anilines is 1. The molecular formula is C17H26N2O2.